The van der Waals surface area contributed by atoms with E-state index in [1.165, 1.54) is 18.1 Å². The topological polar surface area (TPSA) is 80.3 Å². The number of carbonyl (C=O) groups is 2. The Morgan fingerprint density at radius 1 is 1.11 bits per heavy atom. The van der Waals surface area contributed by atoms with Gasteiger partial charge in [-0.25, -0.2) is 9.18 Å². The molecule has 0 bridgehead atoms. The van der Waals surface area contributed by atoms with Crippen molar-refractivity contribution < 1.29 is 28.2 Å². The maximum absolute atomic E-state index is 14.9. The second-order valence-corrected chi connectivity index (χ2v) is 6.83. The number of halogens is 1. The minimum atomic E-state index is -0.577. The Kier molecular flexibility index (Phi) is 4.65. The van der Waals surface area contributed by atoms with Gasteiger partial charge < -0.3 is 19.1 Å². The molecule has 9 heteroatoms. The van der Waals surface area contributed by atoms with E-state index in [2.05, 4.69) is 5.32 Å². The van der Waals surface area contributed by atoms with Gasteiger partial charge in [0.15, 0.2) is 5.79 Å². The van der Waals surface area contributed by atoms with Crippen LogP contribution in [0.5, 0.6) is 5.75 Å². The fourth-order valence-electron chi connectivity index (χ4n) is 3.82. The molecule has 0 atom stereocenters. The van der Waals surface area contributed by atoms with Gasteiger partial charge >= 0.3 is 6.03 Å². The number of nitrogens with one attached hydrogen (secondary N) is 1. The average molecular weight is 379 g/mol. The zero-order valence-electron chi connectivity index (χ0n) is 15.1. The Balaban J connectivity index is 1.56. The van der Waals surface area contributed by atoms with Crippen molar-refractivity contribution in [2.45, 2.75) is 25.0 Å². The molecule has 1 spiro atoms. The van der Waals surface area contributed by atoms with E-state index in [1.54, 1.807) is 6.07 Å². The van der Waals surface area contributed by atoms with Crippen LogP contribution in [0.1, 0.15) is 19.3 Å². The van der Waals surface area contributed by atoms with Crippen LogP contribution in [0, 0.1) is 5.82 Å². The smallest absolute Gasteiger partial charge is 0.328 e. The van der Waals surface area contributed by atoms with Crippen LogP contribution in [0.3, 0.4) is 0 Å². The summed E-state index contributed by atoms with van der Waals surface area (Å²) in [5.74, 6) is -0.940. The van der Waals surface area contributed by atoms with Gasteiger partial charge in [0.2, 0.25) is 5.91 Å². The van der Waals surface area contributed by atoms with Crippen molar-refractivity contribution >= 4 is 23.3 Å². The number of benzene rings is 1. The highest BCUT2D eigenvalue weighted by Crippen LogP contribution is 2.39. The van der Waals surface area contributed by atoms with E-state index in [0.717, 1.165) is 0 Å². The van der Waals surface area contributed by atoms with Crippen molar-refractivity contribution in [3.8, 4) is 5.75 Å². The number of amides is 3. The molecule has 3 aliphatic heterocycles. The summed E-state index contributed by atoms with van der Waals surface area (Å²) >= 11 is 0. The fourth-order valence-corrected chi connectivity index (χ4v) is 3.82. The zero-order chi connectivity index (χ0) is 19.0. The molecule has 8 nitrogen and oxygen atoms in total. The number of carbonyl (C=O) groups excluding carboxylic acids is 2. The predicted octanol–water partition coefficient (Wildman–Crippen LogP) is 1.62. The van der Waals surface area contributed by atoms with Gasteiger partial charge in [0.1, 0.15) is 11.6 Å². The molecule has 0 aliphatic carbocycles. The van der Waals surface area contributed by atoms with Gasteiger partial charge in [-0.3, -0.25) is 15.0 Å². The molecule has 3 saturated heterocycles. The minimum absolute atomic E-state index is 0.159. The molecule has 0 saturated carbocycles. The van der Waals surface area contributed by atoms with Gasteiger partial charge in [0.05, 0.1) is 31.7 Å². The molecule has 3 amide bonds. The SMILES string of the molecule is COc1cc(N2CCC3(CC2)OCCO3)c(F)cc1N1CCC(=O)NC1=O. The molecule has 1 aromatic carbocycles. The van der Waals surface area contributed by atoms with Gasteiger partial charge in [-0.2, -0.15) is 0 Å². The number of methoxy groups -OCH3 is 1. The summed E-state index contributed by atoms with van der Waals surface area (Å²) in [4.78, 5) is 26.7. The van der Waals surface area contributed by atoms with E-state index in [0.29, 0.717) is 56.3 Å². The minimum Gasteiger partial charge on any atom is -0.494 e. The van der Waals surface area contributed by atoms with Crippen LogP contribution in [-0.4, -0.2) is 57.7 Å². The lowest BCUT2D eigenvalue weighted by Crippen LogP contribution is -2.49. The number of ether oxygens (including phenoxy) is 3. The van der Waals surface area contributed by atoms with Crippen LogP contribution in [0.15, 0.2) is 12.1 Å². The monoisotopic (exact) mass is 379 g/mol. The molecular weight excluding hydrogens is 357 g/mol. The highest BCUT2D eigenvalue weighted by molar-refractivity contribution is 6.06. The molecule has 3 aliphatic rings. The molecule has 1 N–H and O–H groups in total. The van der Waals surface area contributed by atoms with Crippen LogP contribution in [0.4, 0.5) is 20.6 Å². The quantitative estimate of drug-likeness (QED) is 0.860. The van der Waals surface area contributed by atoms with E-state index in [4.69, 9.17) is 14.2 Å². The van der Waals surface area contributed by atoms with Gasteiger partial charge in [-0.15, -0.1) is 0 Å². The molecular formula is C18H22FN3O5. The highest BCUT2D eigenvalue weighted by atomic mass is 19.1. The number of urea groups is 1. The van der Waals surface area contributed by atoms with Crippen molar-refractivity contribution in [1.29, 1.82) is 0 Å². The van der Waals surface area contributed by atoms with Crippen LogP contribution < -0.4 is 19.9 Å². The molecule has 3 heterocycles. The number of anilines is 2. The standard InChI is InChI=1S/C18H22FN3O5/c1-25-15-11-13(21-6-3-18(4-7-21)26-8-9-27-18)12(19)10-14(15)22-5-2-16(23)20-17(22)24/h10-11H,2-9H2,1H3,(H,20,23,24). The first-order valence-electron chi connectivity index (χ1n) is 9.03. The van der Waals surface area contributed by atoms with E-state index >= 15 is 0 Å². The largest absolute Gasteiger partial charge is 0.494 e. The van der Waals surface area contributed by atoms with Crippen molar-refractivity contribution in [1.82, 2.24) is 5.32 Å². The van der Waals surface area contributed by atoms with Crippen molar-refractivity contribution in [2.24, 2.45) is 0 Å². The normalized spacial score (nSPS) is 22.3. The Morgan fingerprint density at radius 3 is 2.44 bits per heavy atom. The first-order valence-corrected chi connectivity index (χ1v) is 9.03. The lowest BCUT2D eigenvalue weighted by molar-refractivity contribution is -0.169. The first kappa shape index (κ1) is 18.0. The number of hydrogen-bond acceptors (Lipinski definition) is 6. The molecule has 4 rings (SSSR count). The molecule has 1 aromatic rings. The zero-order valence-corrected chi connectivity index (χ0v) is 15.1. The predicted molar refractivity (Wildman–Crippen MR) is 94.5 cm³/mol. The van der Waals surface area contributed by atoms with Crippen LogP contribution in [0.25, 0.3) is 0 Å². The summed E-state index contributed by atoms with van der Waals surface area (Å²) in [5, 5.41) is 2.24. The summed E-state index contributed by atoms with van der Waals surface area (Å²) in [6.07, 6.45) is 1.48. The van der Waals surface area contributed by atoms with E-state index in [9.17, 15) is 14.0 Å². The van der Waals surface area contributed by atoms with Crippen LogP contribution in [0.2, 0.25) is 0 Å². The van der Waals surface area contributed by atoms with E-state index in [-0.39, 0.29) is 18.9 Å². The lowest BCUT2D eigenvalue weighted by atomic mass is 10.0. The lowest BCUT2D eigenvalue weighted by Gasteiger charge is -2.39. The summed E-state index contributed by atoms with van der Waals surface area (Å²) in [6.45, 7) is 2.56. The Morgan fingerprint density at radius 2 is 1.81 bits per heavy atom. The molecule has 0 radical (unpaired) electrons. The third kappa shape index (κ3) is 3.32. The Hall–Kier alpha value is -2.39. The summed E-state index contributed by atoms with van der Waals surface area (Å²) < 4.78 is 31.7. The average Bonchev–Trinajstić information content (AvgIpc) is 3.11. The second-order valence-electron chi connectivity index (χ2n) is 6.83. The number of hydrogen-bond donors (Lipinski definition) is 1. The molecule has 146 valence electrons. The van der Waals surface area contributed by atoms with E-state index in [1.807, 2.05) is 4.90 Å². The Labute approximate surface area is 156 Å². The Bertz CT molecular complexity index is 756. The van der Waals surface area contributed by atoms with Gasteiger partial charge in [-0.05, 0) is 0 Å². The maximum Gasteiger partial charge on any atom is 0.328 e. The third-order valence-corrected chi connectivity index (χ3v) is 5.27. The van der Waals surface area contributed by atoms with Gasteiger partial charge in [-0.1, -0.05) is 0 Å². The van der Waals surface area contributed by atoms with Gasteiger partial charge in [0.25, 0.3) is 0 Å². The summed E-state index contributed by atoms with van der Waals surface area (Å²) in [7, 11) is 1.47. The third-order valence-electron chi connectivity index (χ3n) is 5.27. The summed E-state index contributed by atoms with van der Waals surface area (Å²) in [5.41, 5.74) is 0.719. The summed E-state index contributed by atoms with van der Waals surface area (Å²) in [6, 6.07) is 2.31. The number of imide groups is 1. The number of nitrogens with zero attached hydrogens (tertiary/aromatic N) is 2. The molecule has 0 unspecified atom stereocenters. The van der Waals surface area contributed by atoms with Crippen molar-refractivity contribution in [3.63, 3.8) is 0 Å². The second kappa shape index (κ2) is 6.97. The molecule has 27 heavy (non-hydrogen) atoms. The highest BCUT2D eigenvalue weighted by Gasteiger charge is 2.40. The fraction of sp³-hybridized carbons (Fsp3) is 0.556. The maximum atomic E-state index is 14.9. The first-order chi connectivity index (χ1) is 13.0. The molecule has 3 fully saturated rings. The van der Waals surface area contributed by atoms with Gasteiger partial charge in [0, 0.05) is 51.0 Å². The van der Waals surface area contributed by atoms with Crippen molar-refractivity contribution in [2.75, 3.05) is 49.8 Å². The van der Waals surface area contributed by atoms with Crippen LogP contribution in [-0.2, 0) is 14.3 Å². The number of piperidine rings is 1. The number of rotatable bonds is 3. The van der Waals surface area contributed by atoms with Crippen LogP contribution >= 0.6 is 0 Å². The van der Waals surface area contributed by atoms with Crippen molar-refractivity contribution in [3.05, 3.63) is 17.9 Å². The molecule has 0 aromatic heterocycles. The van der Waals surface area contributed by atoms with E-state index < -0.39 is 17.6 Å².